The van der Waals surface area contributed by atoms with Crippen LogP contribution in [0.25, 0.3) is 0 Å². The Morgan fingerprint density at radius 3 is 2.74 bits per heavy atom. The van der Waals surface area contributed by atoms with E-state index in [2.05, 4.69) is 0 Å². The number of hydrogen-bond donors (Lipinski definition) is 1. The molecule has 6 nitrogen and oxygen atoms in total. The lowest BCUT2D eigenvalue weighted by molar-refractivity contribution is -0.139. The predicted octanol–water partition coefficient (Wildman–Crippen LogP) is 2.64. The van der Waals surface area contributed by atoms with E-state index in [1.165, 1.54) is 12.1 Å². The highest BCUT2D eigenvalue weighted by molar-refractivity contribution is 5.94. The molecule has 0 aromatic heterocycles. The minimum Gasteiger partial charge on any atom is -0.482 e. The van der Waals surface area contributed by atoms with E-state index in [-0.39, 0.29) is 24.8 Å². The number of hydrogen-bond acceptors (Lipinski definition) is 4. The van der Waals surface area contributed by atoms with Crippen LogP contribution in [0.3, 0.4) is 0 Å². The standard InChI is InChI=1S/C19H17F2NO5/c20-15-5-4-12(9-16(15)21)17-10-22(6-7-26-17)19(25)13-2-1-3-14(8-13)27-11-18(23)24/h1-5,8-9,17H,6-7,10-11H2,(H,23,24). The van der Waals surface area contributed by atoms with Crippen molar-refractivity contribution in [3.05, 3.63) is 65.2 Å². The smallest absolute Gasteiger partial charge is 0.341 e. The highest BCUT2D eigenvalue weighted by Crippen LogP contribution is 2.25. The summed E-state index contributed by atoms with van der Waals surface area (Å²) in [4.78, 5) is 24.9. The summed E-state index contributed by atoms with van der Waals surface area (Å²) in [6.45, 7) is 0.279. The fraction of sp³-hybridized carbons (Fsp3) is 0.263. The van der Waals surface area contributed by atoms with E-state index in [0.717, 1.165) is 12.1 Å². The second-order valence-electron chi connectivity index (χ2n) is 5.99. The number of aliphatic carboxylic acids is 1. The van der Waals surface area contributed by atoms with E-state index >= 15 is 0 Å². The molecule has 0 aliphatic carbocycles. The number of ether oxygens (including phenoxy) is 2. The number of benzene rings is 2. The lowest BCUT2D eigenvalue weighted by Crippen LogP contribution is -2.42. The Morgan fingerprint density at radius 2 is 2.00 bits per heavy atom. The van der Waals surface area contributed by atoms with Gasteiger partial charge in [0.15, 0.2) is 18.2 Å². The molecule has 142 valence electrons. The maximum Gasteiger partial charge on any atom is 0.341 e. The summed E-state index contributed by atoms with van der Waals surface area (Å²) in [7, 11) is 0. The van der Waals surface area contributed by atoms with Gasteiger partial charge in [-0.1, -0.05) is 12.1 Å². The van der Waals surface area contributed by atoms with Crippen molar-refractivity contribution in [1.82, 2.24) is 4.90 Å². The van der Waals surface area contributed by atoms with Gasteiger partial charge in [0.1, 0.15) is 11.9 Å². The molecule has 3 rings (SSSR count). The van der Waals surface area contributed by atoms with Gasteiger partial charge in [0.05, 0.1) is 13.2 Å². The van der Waals surface area contributed by atoms with Crippen molar-refractivity contribution in [3.63, 3.8) is 0 Å². The van der Waals surface area contributed by atoms with Crippen molar-refractivity contribution in [1.29, 1.82) is 0 Å². The Balaban J connectivity index is 1.72. The molecule has 0 bridgehead atoms. The van der Waals surface area contributed by atoms with Crippen LogP contribution < -0.4 is 4.74 Å². The number of carboxylic acids is 1. The first-order valence-electron chi connectivity index (χ1n) is 8.24. The van der Waals surface area contributed by atoms with E-state index in [0.29, 0.717) is 17.7 Å². The number of rotatable bonds is 5. The number of carboxylic acid groups (broad SMARTS) is 1. The van der Waals surface area contributed by atoms with Crippen molar-refractivity contribution >= 4 is 11.9 Å². The lowest BCUT2D eigenvalue weighted by Gasteiger charge is -2.33. The molecular formula is C19H17F2NO5. The van der Waals surface area contributed by atoms with Gasteiger partial charge in [0.25, 0.3) is 5.91 Å². The number of halogens is 2. The molecule has 1 amide bonds. The minimum atomic E-state index is -1.12. The second-order valence-corrected chi connectivity index (χ2v) is 5.99. The molecule has 27 heavy (non-hydrogen) atoms. The van der Waals surface area contributed by atoms with Gasteiger partial charge in [-0.05, 0) is 35.9 Å². The summed E-state index contributed by atoms with van der Waals surface area (Å²) in [5.41, 5.74) is 0.786. The Bertz CT molecular complexity index is 858. The van der Waals surface area contributed by atoms with Crippen molar-refractivity contribution in [2.45, 2.75) is 6.10 Å². The zero-order valence-corrected chi connectivity index (χ0v) is 14.2. The lowest BCUT2D eigenvalue weighted by atomic mass is 10.1. The van der Waals surface area contributed by atoms with Crippen LogP contribution in [0.4, 0.5) is 8.78 Å². The fourth-order valence-electron chi connectivity index (χ4n) is 2.79. The van der Waals surface area contributed by atoms with Gasteiger partial charge in [-0.2, -0.15) is 0 Å². The minimum absolute atomic E-state index is 0.185. The fourth-order valence-corrected chi connectivity index (χ4v) is 2.79. The second kappa shape index (κ2) is 8.13. The summed E-state index contributed by atoms with van der Waals surface area (Å²) in [5.74, 6) is -3.04. The van der Waals surface area contributed by atoms with Crippen LogP contribution in [0.15, 0.2) is 42.5 Å². The molecular weight excluding hydrogens is 360 g/mol. The normalized spacial score (nSPS) is 16.8. The maximum atomic E-state index is 13.5. The third-order valence-electron chi connectivity index (χ3n) is 4.11. The molecule has 1 unspecified atom stereocenters. The van der Waals surface area contributed by atoms with Crippen LogP contribution in [-0.4, -0.2) is 48.2 Å². The van der Waals surface area contributed by atoms with Gasteiger partial charge in [-0.25, -0.2) is 13.6 Å². The molecule has 1 atom stereocenters. The average molecular weight is 377 g/mol. The van der Waals surface area contributed by atoms with E-state index in [9.17, 15) is 18.4 Å². The zero-order valence-electron chi connectivity index (χ0n) is 14.2. The SMILES string of the molecule is O=C(O)COc1cccc(C(=O)N2CCOC(c3ccc(F)c(F)c3)C2)c1. The molecule has 2 aromatic rings. The van der Waals surface area contributed by atoms with Crippen LogP contribution in [0.1, 0.15) is 22.0 Å². The van der Waals surface area contributed by atoms with Gasteiger partial charge in [-0.15, -0.1) is 0 Å². The quantitative estimate of drug-likeness (QED) is 0.867. The highest BCUT2D eigenvalue weighted by Gasteiger charge is 2.27. The molecule has 1 N–H and O–H groups in total. The third kappa shape index (κ3) is 4.59. The van der Waals surface area contributed by atoms with Crippen molar-refractivity contribution in [3.8, 4) is 5.75 Å². The van der Waals surface area contributed by atoms with Crippen molar-refractivity contribution in [2.75, 3.05) is 26.3 Å². The number of morpholine rings is 1. The summed E-state index contributed by atoms with van der Waals surface area (Å²) >= 11 is 0. The number of carbonyl (C=O) groups excluding carboxylic acids is 1. The highest BCUT2D eigenvalue weighted by atomic mass is 19.2. The molecule has 0 spiro atoms. The van der Waals surface area contributed by atoms with Crippen LogP contribution >= 0.6 is 0 Å². The first-order chi connectivity index (χ1) is 12.9. The van der Waals surface area contributed by atoms with Gasteiger partial charge in [0.2, 0.25) is 0 Å². The van der Waals surface area contributed by atoms with Crippen molar-refractivity contribution < 1.29 is 33.0 Å². The third-order valence-corrected chi connectivity index (χ3v) is 4.11. The van der Waals surface area contributed by atoms with Crippen LogP contribution in [0.5, 0.6) is 5.75 Å². The molecule has 1 aliphatic rings. The van der Waals surface area contributed by atoms with E-state index in [1.54, 1.807) is 23.1 Å². The Hall–Kier alpha value is -3.00. The topological polar surface area (TPSA) is 76.1 Å². The molecule has 1 heterocycles. The summed E-state index contributed by atoms with van der Waals surface area (Å²) in [6.07, 6.45) is -0.566. The zero-order chi connectivity index (χ0) is 19.4. The van der Waals surface area contributed by atoms with E-state index in [4.69, 9.17) is 14.6 Å². The molecule has 2 aromatic carbocycles. The number of amides is 1. The average Bonchev–Trinajstić information content (AvgIpc) is 2.68. The molecule has 1 aliphatic heterocycles. The van der Waals surface area contributed by atoms with E-state index < -0.39 is 30.3 Å². The monoisotopic (exact) mass is 377 g/mol. The first-order valence-corrected chi connectivity index (χ1v) is 8.24. The summed E-state index contributed by atoms with van der Waals surface area (Å²) < 4.78 is 37.3. The first kappa shape index (κ1) is 18.8. The van der Waals surface area contributed by atoms with Gasteiger partial charge >= 0.3 is 5.97 Å². The Kier molecular flexibility index (Phi) is 5.66. The van der Waals surface area contributed by atoms with Crippen LogP contribution in [0.2, 0.25) is 0 Å². The van der Waals surface area contributed by atoms with Gasteiger partial charge in [0, 0.05) is 12.1 Å². The molecule has 1 fully saturated rings. The largest absolute Gasteiger partial charge is 0.482 e. The predicted molar refractivity (Wildman–Crippen MR) is 90.5 cm³/mol. The Labute approximate surface area is 153 Å². The summed E-state index contributed by atoms with van der Waals surface area (Å²) in [6, 6.07) is 9.73. The van der Waals surface area contributed by atoms with Gasteiger partial charge in [-0.3, -0.25) is 4.79 Å². The molecule has 8 heteroatoms. The number of nitrogens with zero attached hydrogens (tertiary/aromatic N) is 1. The van der Waals surface area contributed by atoms with Gasteiger partial charge < -0.3 is 19.5 Å². The Morgan fingerprint density at radius 1 is 1.19 bits per heavy atom. The maximum absolute atomic E-state index is 13.5. The van der Waals surface area contributed by atoms with Crippen LogP contribution in [0, 0.1) is 11.6 Å². The summed E-state index contributed by atoms with van der Waals surface area (Å²) in [5, 5.41) is 8.67. The van der Waals surface area contributed by atoms with Crippen LogP contribution in [-0.2, 0) is 9.53 Å². The number of carbonyl (C=O) groups is 2. The molecule has 0 saturated carbocycles. The molecule has 1 saturated heterocycles. The molecule has 0 radical (unpaired) electrons. The van der Waals surface area contributed by atoms with Crippen molar-refractivity contribution in [2.24, 2.45) is 0 Å². The van der Waals surface area contributed by atoms with E-state index in [1.807, 2.05) is 0 Å².